The van der Waals surface area contributed by atoms with Crippen molar-refractivity contribution < 1.29 is 9.05 Å². The average Bonchev–Trinajstić information content (AvgIpc) is 2.69. The van der Waals surface area contributed by atoms with Crippen molar-refractivity contribution in [2.45, 2.75) is 27.7 Å². The van der Waals surface area contributed by atoms with E-state index < -0.39 is 8.56 Å². The number of hydroxylamine groups is 2. The van der Waals surface area contributed by atoms with E-state index in [1.165, 1.54) is 0 Å². The van der Waals surface area contributed by atoms with Crippen molar-refractivity contribution in [3.63, 3.8) is 0 Å². The Kier molecular flexibility index (Phi) is 7.00. The predicted octanol–water partition coefficient (Wildman–Crippen LogP) is 3.13. The number of allylic oxidation sites excluding steroid dienone is 4. The third-order valence-electron chi connectivity index (χ3n) is 3.89. The molecule has 0 heterocycles. The van der Waals surface area contributed by atoms with Crippen LogP contribution in [0.25, 0.3) is 0 Å². The van der Waals surface area contributed by atoms with Crippen LogP contribution in [-0.4, -0.2) is 8.56 Å². The van der Waals surface area contributed by atoms with Crippen LogP contribution in [0.3, 0.4) is 0 Å². The molecule has 2 aromatic rings. The zero-order valence-electron chi connectivity index (χ0n) is 15.2. The van der Waals surface area contributed by atoms with E-state index in [4.69, 9.17) is 9.05 Å². The summed E-state index contributed by atoms with van der Waals surface area (Å²) in [5.74, 6) is 0. The van der Waals surface area contributed by atoms with E-state index >= 15 is 0 Å². The summed E-state index contributed by atoms with van der Waals surface area (Å²) in [5.41, 5.74) is 7.95. The highest BCUT2D eigenvalue weighted by molar-refractivity contribution is 6.92. The van der Waals surface area contributed by atoms with E-state index in [-0.39, 0.29) is 0 Å². The Hall–Kier alpha value is -2.34. The van der Waals surface area contributed by atoms with Crippen LogP contribution in [0.4, 0.5) is 0 Å². The molecule has 2 N–H and O–H groups in total. The molecule has 25 heavy (non-hydrogen) atoms. The second kappa shape index (κ2) is 9.22. The lowest BCUT2D eigenvalue weighted by Gasteiger charge is -2.31. The van der Waals surface area contributed by atoms with Crippen molar-refractivity contribution in [3.05, 3.63) is 84.2 Å². The molecule has 5 heteroatoms. The Morgan fingerprint density at radius 2 is 1.08 bits per heavy atom. The summed E-state index contributed by atoms with van der Waals surface area (Å²) in [6.07, 6.45) is 3.92. The van der Waals surface area contributed by atoms with Gasteiger partial charge in [0.1, 0.15) is 0 Å². The largest absolute Gasteiger partial charge is 0.453 e. The Morgan fingerprint density at radius 3 is 1.40 bits per heavy atom. The van der Waals surface area contributed by atoms with Gasteiger partial charge in [-0.3, -0.25) is 20.0 Å². The zero-order chi connectivity index (χ0) is 18.1. The Bertz CT molecular complexity index is 651. The van der Waals surface area contributed by atoms with Crippen molar-refractivity contribution in [1.29, 1.82) is 0 Å². The molecule has 0 atom stereocenters. The fraction of sp³-hybridized carbons (Fsp3) is 0.200. The monoisotopic (exact) mass is 354 g/mol. The van der Waals surface area contributed by atoms with Gasteiger partial charge in [0, 0.05) is 21.8 Å². The Balaban J connectivity index is 2.51. The first-order chi connectivity index (χ1) is 12.1. The maximum Gasteiger partial charge on any atom is 0.453 e. The molecule has 0 unspecified atom stereocenters. The molecule has 0 amide bonds. The summed E-state index contributed by atoms with van der Waals surface area (Å²) in [5, 5.41) is 2.02. The third-order valence-corrected chi connectivity index (χ3v) is 6.85. The highest BCUT2D eigenvalue weighted by atomic mass is 28.4. The van der Waals surface area contributed by atoms with E-state index in [0.717, 1.165) is 21.8 Å². The Labute approximate surface area is 151 Å². The molecule has 0 bridgehead atoms. The lowest BCUT2D eigenvalue weighted by molar-refractivity contribution is 0.107. The minimum absolute atomic E-state index is 0.926. The van der Waals surface area contributed by atoms with Crippen LogP contribution in [0.1, 0.15) is 27.7 Å². The highest BCUT2D eigenvalue weighted by Crippen LogP contribution is 2.09. The smallest absolute Gasteiger partial charge is 0.280 e. The molecule has 0 aliphatic carbocycles. The Morgan fingerprint density at radius 1 is 0.720 bits per heavy atom. The molecular weight excluding hydrogens is 328 g/mol. The topological polar surface area (TPSA) is 42.5 Å². The second-order valence-electron chi connectivity index (χ2n) is 5.70. The van der Waals surface area contributed by atoms with E-state index in [0.29, 0.717) is 0 Å². The lowest BCUT2D eigenvalue weighted by atomic mass is 10.4. The highest BCUT2D eigenvalue weighted by Gasteiger charge is 2.45. The summed E-state index contributed by atoms with van der Waals surface area (Å²) in [7, 11) is -3.01. The maximum absolute atomic E-state index is 6.26. The standard InChI is InChI=1S/C20H26N2O2Si/c1-5-17(3)21-23-25(24-22-18(4)6-2,19-13-9-7-10-14-19)20-15-11-8-12-16-20/h5-16,21-22H,1-4H3. The van der Waals surface area contributed by atoms with Gasteiger partial charge in [0.15, 0.2) is 0 Å². The molecule has 0 spiro atoms. The molecule has 0 saturated carbocycles. The van der Waals surface area contributed by atoms with Gasteiger partial charge >= 0.3 is 8.56 Å². The molecule has 0 aromatic heterocycles. The quantitative estimate of drug-likeness (QED) is 0.565. The first kappa shape index (κ1) is 19.0. The van der Waals surface area contributed by atoms with E-state index in [9.17, 15) is 0 Å². The molecular formula is C20H26N2O2Si. The molecule has 0 radical (unpaired) electrons. The second-order valence-corrected chi connectivity index (χ2v) is 8.50. The van der Waals surface area contributed by atoms with Gasteiger partial charge in [0.2, 0.25) is 0 Å². The van der Waals surface area contributed by atoms with Crippen LogP contribution in [0.5, 0.6) is 0 Å². The normalized spacial score (nSPS) is 12.8. The SMILES string of the molecule is CC=C(C)NO[Si](ONC(C)=CC)(c1ccccc1)c1ccccc1. The lowest BCUT2D eigenvalue weighted by Crippen LogP contribution is -2.66. The minimum atomic E-state index is -3.01. The summed E-state index contributed by atoms with van der Waals surface area (Å²) >= 11 is 0. The van der Waals surface area contributed by atoms with Crippen molar-refractivity contribution in [3.8, 4) is 0 Å². The molecule has 0 fully saturated rings. The summed E-state index contributed by atoms with van der Waals surface area (Å²) in [4.78, 5) is 0. The van der Waals surface area contributed by atoms with Crippen molar-refractivity contribution in [1.82, 2.24) is 11.0 Å². The van der Waals surface area contributed by atoms with Crippen LogP contribution < -0.4 is 21.3 Å². The number of hydrogen-bond acceptors (Lipinski definition) is 4. The van der Waals surface area contributed by atoms with Crippen LogP contribution >= 0.6 is 0 Å². The van der Waals surface area contributed by atoms with Crippen LogP contribution in [0.15, 0.2) is 84.2 Å². The molecule has 2 aromatic carbocycles. The van der Waals surface area contributed by atoms with Gasteiger partial charge in [0.05, 0.1) is 0 Å². The van der Waals surface area contributed by atoms with Crippen LogP contribution in [0.2, 0.25) is 0 Å². The van der Waals surface area contributed by atoms with Gasteiger partial charge in [-0.1, -0.05) is 72.8 Å². The molecule has 2 rings (SSSR count). The third kappa shape index (κ3) is 4.82. The summed E-state index contributed by atoms with van der Waals surface area (Å²) in [6, 6.07) is 20.1. The van der Waals surface area contributed by atoms with E-state index in [1.807, 2.05) is 101 Å². The van der Waals surface area contributed by atoms with Gasteiger partial charge in [-0.05, 0) is 27.7 Å². The van der Waals surface area contributed by atoms with E-state index in [1.54, 1.807) is 0 Å². The first-order valence-electron chi connectivity index (χ1n) is 8.37. The minimum Gasteiger partial charge on any atom is -0.280 e. The van der Waals surface area contributed by atoms with Gasteiger partial charge in [-0.15, -0.1) is 0 Å². The molecule has 4 nitrogen and oxygen atoms in total. The number of hydrogen-bond donors (Lipinski definition) is 2. The van der Waals surface area contributed by atoms with Crippen molar-refractivity contribution >= 4 is 18.9 Å². The van der Waals surface area contributed by atoms with Crippen LogP contribution in [-0.2, 0) is 9.05 Å². The maximum atomic E-state index is 6.26. The fourth-order valence-electron chi connectivity index (χ4n) is 2.16. The fourth-order valence-corrected chi connectivity index (χ4v) is 4.88. The van der Waals surface area contributed by atoms with E-state index in [2.05, 4.69) is 11.0 Å². The van der Waals surface area contributed by atoms with Crippen LogP contribution in [0, 0.1) is 0 Å². The van der Waals surface area contributed by atoms with Gasteiger partial charge in [0.25, 0.3) is 0 Å². The number of rotatable bonds is 8. The van der Waals surface area contributed by atoms with Crippen molar-refractivity contribution in [2.75, 3.05) is 0 Å². The first-order valence-corrected chi connectivity index (χ1v) is 10.2. The predicted molar refractivity (Wildman–Crippen MR) is 105 cm³/mol. The van der Waals surface area contributed by atoms with Gasteiger partial charge in [-0.2, -0.15) is 0 Å². The summed E-state index contributed by atoms with van der Waals surface area (Å²) < 4.78 is 12.5. The zero-order valence-corrected chi connectivity index (χ0v) is 16.2. The molecule has 0 saturated heterocycles. The molecule has 0 aliphatic heterocycles. The number of nitrogens with one attached hydrogen (secondary N) is 2. The molecule has 132 valence electrons. The van der Waals surface area contributed by atoms with Gasteiger partial charge in [-0.25, -0.2) is 0 Å². The average molecular weight is 355 g/mol. The number of benzene rings is 2. The molecule has 0 aliphatic rings. The van der Waals surface area contributed by atoms with Gasteiger partial charge < -0.3 is 0 Å². The van der Waals surface area contributed by atoms with Crippen molar-refractivity contribution in [2.24, 2.45) is 0 Å². The summed E-state index contributed by atoms with van der Waals surface area (Å²) in [6.45, 7) is 7.84.